The third kappa shape index (κ3) is 2.79. The van der Waals surface area contributed by atoms with Crippen molar-refractivity contribution in [2.75, 3.05) is 5.88 Å². The second-order valence-electron chi connectivity index (χ2n) is 4.06. The van der Waals surface area contributed by atoms with Gasteiger partial charge in [-0.3, -0.25) is 4.79 Å². The first-order valence-corrected chi connectivity index (χ1v) is 7.52. The summed E-state index contributed by atoms with van der Waals surface area (Å²) < 4.78 is 0.984. The SMILES string of the molecule is O=C(NC1CCCC1CCl)c1csc(Br)c1. The number of thiophene rings is 1. The fourth-order valence-corrected chi connectivity index (χ4v) is 3.60. The molecule has 1 aromatic rings. The first kappa shape index (κ1) is 12.4. The average Bonchev–Trinajstić information content (AvgIpc) is 2.86. The molecule has 0 radical (unpaired) electrons. The van der Waals surface area contributed by atoms with Crippen LogP contribution in [0.2, 0.25) is 0 Å². The number of hydrogen-bond acceptors (Lipinski definition) is 2. The van der Waals surface area contributed by atoms with Gasteiger partial charge in [-0.1, -0.05) is 6.42 Å². The van der Waals surface area contributed by atoms with Gasteiger partial charge in [-0.2, -0.15) is 0 Å². The van der Waals surface area contributed by atoms with E-state index in [4.69, 9.17) is 11.6 Å². The molecular weight excluding hydrogens is 310 g/mol. The zero-order valence-electron chi connectivity index (χ0n) is 8.71. The molecule has 88 valence electrons. The summed E-state index contributed by atoms with van der Waals surface area (Å²) in [6.45, 7) is 0. The van der Waals surface area contributed by atoms with Crippen molar-refractivity contribution in [2.45, 2.75) is 25.3 Å². The summed E-state index contributed by atoms with van der Waals surface area (Å²) in [6, 6.07) is 2.11. The van der Waals surface area contributed by atoms with Crippen molar-refractivity contribution in [3.05, 3.63) is 20.8 Å². The fourth-order valence-electron chi connectivity index (χ4n) is 2.09. The Morgan fingerprint density at radius 1 is 1.62 bits per heavy atom. The van der Waals surface area contributed by atoms with Gasteiger partial charge in [0.1, 0.15) is 0 Å². The molecule has 1 fully saturated rings. The van der Waals surface area contributed by atoms with Crippen molar-refractivity contribution in [3.63, 3.8) is 0 Å². The second kappa shape index (κ2) is 5.52. The third-order valence-electron chi connectivity index (χ3n) is 3.00. The van der Waals surface area contributed by atoms with Crippen LogP contribution in [0, 0.1) is 5.92 Å². The summed E-state index contributed by atoms with van der Waals surface area (Å²) in [5.41, 5.74) is 0.733. The Labute approximate surface area is 113 Å². The average molecular weight is 323 g/mol. The van der Waals surface area contributed by atoms with E-state index in [1.807, 2.05) is 11.4 Å². The van der Waals surface area contributed by atoms with Gasteiger partial charge in [0.2, 0.25) is 0 Å². The highest BCUT2D eigenvalue weighted by Crippen LogP contribution is 2.27. The predicted octanol–water partition coefficient (Wildman–Crippen LogP) is 3.65. The van der Waals surface area contributed by atoms with Crippen LogP contribution < -0.4 is 5.32 Å². The molecule has 1 aliphatic rings. The molecule has 0 aromatic carbocycles. The van der Waals surface area contributed by atoms with Gasteiger partial charge in [0.05, 0.1) is 9.35 Å². The van der Waals surface area contributed by atoms with E-state index in [0.717, 1.165) is 28.6 Å². The van der Waals surface area contributed by atoms with E-state index in [0.29, 0.717) is 11.8 Å². The molecule has 2 rings (SSSR count). The molecule has 2 unspecified atom stereocenters. The Balaban J connectivity index is 1.97. The normalized spacial score (nSPS) is 24.6. The maximum Gasteiger partial charge on any atom is 0.252 e. The van der Waals surface area contributed by atoms with Gasteiger partial charge in [-0.25, -0.2) is 0 Å². The molecule has 1 heterocycles. The Kier molecular flexibility index (Phi) is 4.27. The highest BCUT2D eigenvalue weighted by molar-refractivity contribution is 9.11. The van der Waals surface area contributed by atoms with Gasteiger partial charge in [0.25, 0.3) is 5.91 Å². The number of hydrogen-bond donors (Lipinski definition) is 1. The Morgan fingerprint density at radius 2 is 2.44 bits per heavy atom. The quantitative estimate of drug-likeness (QED) is 0.846. The molecule has 2 atom stereocenters. The van der Waals surface area contributed by atoms with Crippen molar-refractivity contribution in [3.8, 4) is 0 Å². The lowest BCUT2D eigenvalue weighted by atomic mass is 10.1. The molecule has 1 amide bonds. The second-order valence-corrected chi connectivity index (χ2v) is 6.66. The number of alkyl halides is 1. The molecule has 0 saturated heterocycles. The summed E-state index contributed by atoms with van der Waals surface area (Å²) in [4.78, 5) is 11.9. The molecule has 1 aromatic heterocycles. The number of halogens is 2. The highest BCUT2D eigenvalue weighted by atomic mass is 79.9. The first-order chi connectivity index (χ1) is 7.70. The minimum Gasteiger partial charge on any atom is -0.349 e. The summed E-state index contributed by atoms with van der Waals surface area (Å²) >= 11 is 10.8. The van der Waals surface area contributed by atoms with E-state index in [2.05, 4.69) is 21.2 Å². The summed E-state index contributed by atoms with van der Waals surface area (Å²) in [5, 5.41) is 4.94. The van der Waals surface area contributed by atoms with Crippen LogP contribution >= 0.6 is 38.9 Å². The van der Waals surface area contributed by atoms with Crippen molar-refractivity contribution in [1.29, 1.82) is 0 Å². The van der Waals surface area contributed by atoms with Crippen LogP contribution in [0.5, 0.6) is 0 Å². The molecular formula is C11H13BrClNOS. The van der Waals surface area contributed by atoms with E-state index in [1.165, 1.54) is 11.3 Å². The third-order valence-corrected chi connectivity index (χ3v) is 4.90. The van der Waals surface area contributed by atoms with Crippen molar-refractivity contribution in [2.24, 2.45) is 5.92 Å². The van der Waals surface area contributed by atoms with E-state index in [9.17, 15) is 4.79 Å². The van der Waals surface area contributed by atoms with E-state index >= 15 is 0 Å². The van der Waals surface area contributed by atoms with Crippen LogP contribution in [-0.4, -0.2) is 17.8 Å². The summed E-state index contributed by atoms with van der Waals surface area (Å²) in [7, 11) is 0. The van der Waals surface area contributed by atoms with Gasteiger partial charge in [0, 0.05) is 17.3 Å². The number of amides is 1. The molecule has 1 saturated carbocycles. The molecule has 2 nitrogen and oxygen atoms in total. The molecule has 1 aliphatic carbocycles. The molecule has 1 N–H and O–H groups in total. The lowest BCUT2D eigenvalue weighted by molar-refractivity contribution is 0.0930. The smallest absolute Gasteiger partial charge is 0.252 e. The minimum absolute atomic E-state index is 0.0176. The number of nitrogens with one attached hydrogen (secondary N) is 1. The first-order valence-electron chi connectivity index (χ1n) is 5.31. The minimum atomic E-state index is 0.0176. The monoisotopic (exact) mass is 321 g/mol. The lowest BCUT2D eigenvalue weighted by Gasteiger charge is -2.18. The molecule has 0 spiro atoms. The molecule has 0 aliphatic heterocycles. The zero-order valence-corrected chi connectivity index (χ0v) is 11.9. The van der Waals surface area contributed by atoms with Crippen LogP contribution in [0.15, 0.2) is 15.2 Å². The van der Waals surface area contributed by atoms with Crippen molar-refractivity contribution >= 4 is 44.8 Å². The number of carbonyl (C=O) groups is 1. The zero-order chi connectivity index (χ0) is 11.5. The van der Waals surface area contributed by atoms with Gasteiger partial charge in [-0.15, -0.1) is 22.9 Å². The Bertz CT molecular complexity index is 382. The van der Waals surface area contributed by atoms with Gasteiger partial charge in [0.15, 0.2) is 0 Å². The van der Waals surface area contributed by atoms with E-state index < -0.39 is 0 Å². The maximum atomic E-state index is 11.9. The van der Waals surface area contributed by atoms with E-state index in [1.54, 1.807) is 0 Å². The van der Waals surface area contributed by atoms with Gasteiger partial charge < -0.3 is 5.32 Å². The van der Waals surface area contributed by atoms with Crippen LogP contribution in [-0.2, 0) is 0 Å². The van der Waals surface area contributed by atoms with Crippen LogP contribution in [0.25, 0.3) is 0 Å². The summed E-state index contributed by atoms with van der Waals surface area (Å²) in [6.07, 6.45) is 3.34. The Hall–Kier alpha value is -0.0600. The van der Waals surface area contributed by atoms with Crippen LogP contribution in [0.3, 0.4) is 0 Å². The number of carbonyl (C=O) groups excluding carboxylic acids is 1. The van der Waals surface area contributed by atoms with Crippen LogP contribution in [0.4, 0.5) is 0 Å². The van der Waals surface area contributed by atoms with Crippen molar-refractivity contribution in [1.82, 2.24) is 5.32 Å². The summed E-state index contributed by atoms with van der Waals surface area (Å²) in [5.74, 6) is 1.09. The van der Waals surface area contributed by atoms with E-state index in [-0.39, 0.29) is 11.9 Å². The number of rotatable bonds is 3. The molecule has 0 bridgehead atoms. The van der Waals surface area contributed by atoms with Gasteiger partial charge in [-0.05, 0) is 40.8 Å². The topological polar surface area (TPSA) is 29.1 Å². The lowest BCUT2D eigenvalue weighted by Crippen LogP contribution is -2.37. The molecule has 16 heavy (non-hydrogen) atoms. The standard InChI is InChI=1S/C11H13BrClNOS/c12-10-4-8(6-16-10)11(15)14-9-3-1-2-7(9)5-13/h4,6-7,9H,1-3,5H2,(H,14,15). The van der Waals surface area contributed by atoms with Crippen molar-refractivity contribution < 1.29 is 4.79 Å². The maximum absolute atomic E-state index is 11.9. The highest BCUT2D eigenvalue weighted by Gasteiger charge is 2.28. The van der Waals surface area contributed by atoms with Crippen LogP contribution in [0.1, 0.15) is 29.6 Å². The predicted molar refractivity (Wildman–Crippen MR) is 71.3 cm³/mol. The largest absolute Gasteiger partial charge is 0.349 e. The fraction of sp³-hybridized carbons (Fsp3) is 0.545. The Morgan fingerprint density at radius 3 is 3.06 bits per heavy atom. The molecule has 5 heteroatoms. The van der Waals surface area contributed by atoms with Gasteiger partial charge >= 0.3 is 0 Å².